The van der Waals surface area contributed by atoms with Gasteiger partial charge in [-0.1, -0.05) is 41.4 Å². The summed E-state index contributed by atoms with van der Waals surface area (Å²) in [7, 11) is 0. The monoisotopic (exact) mass is 390 g/mol. The maximum Gasteiger partial charge on any atom is 0.259 e. The molecule has 0 aliphatic rings. The summed E-state index contributed by atoms with van der Waals surface area (Å²) >= 11 is 3.36. The average molecular weight is 391 g/mol. The number of nitrogens with one attached hydrogen (secondary N) is 1. The number of hydrogen-bond acceptors (Lipinski definition) is 3. The van der Waals surface area contributed by atoms with Crippen LogP contribution in [0.5, 0.6) is 5.75 Å². The molecule has 24 heavy (non-hydrogen) atoms. The first-order valence-corrected chi connectivity index (χ1v) is 8.44. The number of benzene rings is 2. The summed E-state index contributed by atoms with van der Waals surface area (Å²) in [5.74, 6) is -0.461. The second kappa shape index (κ2) is 8.49. The summed E-state index contributed by atoms with van der Waals surface area (Å²) < 4.78 is 6.46. The largest absolute Gasteiger partial charge is 0.493 e. The first-order valence-electron chi connectivity index (χ1n) is 7.65. The summed E-state index contributed by atoms with van der Waals surface area (Å²) in [4.78, 5) is 24.1. The van der Waals surface area contributed by atoms with Crippen LogP contribution >= 0.6 is 15.9 Å². The number of carbonyl (C=O) groups is 2. The summed E-state index contributed by atoms with van der Waals surface area (Å²) in [5.41, 5.74) is 6.36. The SMILES string of the molecule is CCCCOc1ccc(Br)cc1C(=O)Nc1ccccc1C(N)=O. The van der Waals surface area contributed by atoms with E-state index in [2.05, 4.69) is 28.2 Å². The van der Waals surface area contributed by atoms with Crippen LogP contribution in [0.1, 0.15) is 40.5 Å². The van der Waals surface area contributed by atoms with Crippen LogP contribution in [-0.4, -0.2) is 18.4 Å². The van der Waals surface area contributed by atoms with Crippen LogP contribution in [0.3, 0.4) is 0 Å². The fraction of sp³-hybridized carbons (Fsp3) is 0.222. The second-order valence-corrected chi connectivity index (χ2v) is 6.12. The molecule has 5 nitrogen and oxygen atoms in total. The van der Waals surface area contributed by atoms with E-state index in [4.69, 9.17) is 10.5 Å². The third-order valence-corrected chi connectivity index (χ3v) is 3.88. The van der Waals surface area contributed by atoms with Crippen molar-refractivity contribution in [1.29, 1.82) is 0 Å². The van der Waals surface area contributed by atoms with Gasteiger partial charge in [0.1, 0.15) is 5.75 Å². The summed E-state index contributed by atoms with van der Waals surface area (Å²) in [6.07, 6.45) is 1.91. The smallest absolute Gasteiger partial charge is 0.259 e. The third kappa shape index (κ3) is 4.58. The van der Waals surface area contributed by atoms with Crippen molar-refractivity contribution in [2.45, 2.75) is 19.8 Å². The van der Waals surface area contributed by atoms with Crippen LogP contribution in [0.25, 0.3) is 0 Å². The van der Waals surface area contributed by atoms with Crippen molar-refractivity contribution >= 4 is 33.4 Å². The summed E-state index contributed by atoms with van der Waals surface area (Å²) in [6.45, 7) is 2.61. The van der Waals surface area contributed by atoms with E-state index in [0.29, 0.717) is 23.6 Å². The van der Waals surface area contributed by atoms with Gasteiger partial charge in [0.25, 0.3) is 11.8 Å². The van der Waals surface area contributed by atoms with Gasteiger partial charge >= 0.3 is 0 Å². The number of halogens is 1. The second-order valence-electron chi connectivity index (χ2n) is 5.21. The zero-order valence-corrected chi connectivity index (χ0v) is 14.9. The van der Waals surface area contributed by atoms with Gasteiger partial charge in [0.05, 0.1) is 23.4 Å². The number of ether oxygens (including phenoxy) is 1. The highest BCUT2D eigenvalue weighted by atomic mass is 79.9. The Labute approximate surface area is 149 Å². The molecule has 0 aromatic heterocycles. The zero-order chi connectivity index (χ0) is 17.5. The number of amides is 2. The highest BCUT2D eigenvalue weighted by molar-refractivity contribution is 9.10. The predicted octanol–water partition coefficient (Wildman–Crippen LogP) is 3.98. The van der Waals surface area contributed by atoms with Crippen LogP contribution in [0, 0.1) is 0 Å². The van der Waals surface area contributed by atoms with Gasteiger partial charge in [-0.15, -0.1) is 0 Å². The number of carbonyl (C=O) groups excluding carboxylic acids is 2. The number of hydrogen-bond donors (Lipinski definition) is 2. The Bertz CT molecular complexity index is 747. The first kappa shape index (κ1) is 18.0. The highest BCUT2D eigenvalue weighted by Crippen LogP contribution is 2.25. The Kier molecular flexibility index (Phi) is 6.37. The van der Waals surface area contributed by atoms with Crippen LogP contribution in [0.15, 0.2) is 46.9 Å². The Morgan fingerprint density at radius 2 is 1.92 bits per heavy atom. The number of nitrogens with two attached hydrogens (primary N) is 1. The number of unbranched alkanes of at least 4 members (excludes halogenated alkanes) is 1. The van der Waals surface area contributed by atoms with Gasteiger partial charge in [0, 0.05) is 4.47 Å². The average Bonchev–Trinajstić information content (AvgIpc) is 2.56. The van der Waals surface area contributed by atoms with E-state index < -0.39 is 5.91 Å². The van der Waals surface area contributed by atoms with Crippen molar-refractivity contribution in [3.05, 3.63) is 58.1 Å². The quantitative estimate of drug-likeness (QED) is 0.701. The number of primary amides is 1. The van der Waals surface area contributed by atoms with E-state index in [9.17, 15) is 9.59 Å². The van der Waals surface area contributed by atoms with Crippen molar-refractivity contribution in [2.24, 2.45) is 5.73 Å². The molecule has 2 rings (SSSR count). The topological polar surface area (TPSA) is 81.4 Å². The normalized spacial score (nSPS) is 10.2. The lowest BCUT2D eigenvalue weighted by Gasteiger charge is -2.13. The fourth-order valence-electron chi connectivity index (χ4n) is 2.13. The predicted molar refractivity (Wildman–Crippen MR) is 97.5 cm³/mol. The van der Waals surface area contributed by atoms with E-state index in [1.54, 1.807) is 36.4 Å². The lowest BCUT2D eigenvalue weighted by molar-refractivity contribution is 0.100. The first-order chi connectivity index (χ1) is 11.5. The standard InChI is InChI=1S/C18H19BrN2O3/c1-2-3-10-24-16-9-8-12(19)11-14(16)18(23)21-15-7-5-4-6-13(15)17(20)22/h4-9,11H,2-3,10H2,1H3,(H2,20,22)(H,21,23). The van der Waals surface area contributed by atoms with Crippen molar-refractivity contribution in [1.82, 2.24) is 0 Å². The van der Waals surface area contributed by atoms with Gasteiger partial charge < -0.3 is 15.8 Å². The van der Waals surface area contributed by atoms with Crippen LogP contribution < -0.4 is 15.8 Å². The van der Waals surface area contributed by atoms with Gasteiger partial charge in [-0.25, -0.2) is 0 Å². The van der Waals surface area contributed by atoms with Crippen LogP contribution in [-0.2, 0) is 0 Å². The molecule has 0 saturated carbocycles. The molecule has 126 valence electrons. The van der Waals surface area contributed by atoms with Gasteiger partial charge in [0.15, 0.2) is 0 Å². The van der Waals surface area contributed by atoms with Crippen LogP contribution in [0.4, 0.5) is 5.69 Å². The summed E-state index contributed by atoms with van der Waals surface area (Å²) in [6, 6.07) is 11.9. The lowest BCUT2D eigenvalue weighted by Crippen LogP contribution is -2.19. The Balaban J connectivity index is 2.26. The minimum Gasteiger partial charge on any atom is -0.493 e. The molecule has 0 unspecified atom stereocenters. The van der Waals surface area contributed by atoms with Crippen molar-refractivity contribution < 1.29 is 14.3 Å². The van der Waals surface area contributed by atoms with Crippen molar-refractivity contribution in [3.63, 3.8) is 0 Å². The summed E-state index contributed by atoms with van der Waals surface area (Å²) in [5, 5.41) is 2.73. The molecule has 0 aliphatic carbocycles. The molecule has 0 heterocycles. The molecular weight excluding hydrogens is 372 g/mol. The van der Waals surface area contributed by atoms with E-state index in [-0.39, 0.29) is 11.5 Å². The molecule has 0 fully saturated rings. The van der Waals surface area contributed by atoms with Crippen LogP contribution in [0.2, 0.25) is 0 Å². The van der Waals surface area contributed by atoms with Gasteiger partial charge in [-0.3, -0.25) is 9.59 Å². The molecule has 0 aliphatic heterocycles. The van der Waals surface area contributed by atoms with Gasteiger partial charge in [-0.2, -0.15) is 0 Å². The molecule has 0 atom stereocenters. The molecule has 2 aromatic rings. The molecule has 2 aromatic carbocycles. The molecule has 0 radical (unpaired) electrons. The molecule has 0 saturated heterocycles. The van der Waals surface area contributed by atoms with Crippen molar-refractivity contribution in [3.8, 4) is 5.75 Å². The molecule has 6 heteroatoms. The fourth-order valence-corrected chi connectivity index (χ4v) is 2.49. The zero-order valence-electron chi connectivity index (χ0n) is 13.3. The minimum absolute atomic E-state index is 0.259. The maximum absolute atomic E-state index is 12.6. The van der Waals surface area contributed by atoms with E-state index in [1.165, 1.54) is 0 Å². The molecular formula is C18H19BrN2O3. The third-order valence-electron chi connectivity index (χ3n) is 3.38. The maximum atomic E-state index is 12.6. The van der Waals surface area contributed by atoms with E-state index in [0.717, 1.165) is 17.3 Å². The van der Waals surface area contributed by atoms with E-state index >= 15 is 0 Å². The highest BCUT2D eigenvalue weighted by Gasteiger charge is 2.16. The molecule has 2 amide bonds. The number of anilines is 1. The van der Waals surface area contributed by atoms with Gasteiger partial charge in [0.2, 0.25) is 0 Å². The molecule has 3 N–H and O–H groups in total. The Morgan fingerprint density at radius 3 is 2.62 bits per heavy atom. The molecule has 0 spiro atoms. The lowest BCUT2D eigenvalue weighted by atomic mass is 10.1. The Morgan fingerprint density at radius 1 is 1.17 bits per heavy atom. The Hall–Kier alpha value is -2.34. The van der Waals surface area contributed by atoms with Crippen molar-refractivity contribution in [2.75, 3.05) is 11.9 Å². The number of rotatable bonds is 7. The van der Waals surface area contributed by atoms with E-state index in [1.807, 2.05) is 6.07 Å². The van der Waals surface area contributed by atoms with Gasteiger partial charge in [-0.05, 0) is 36.8 Å². The molecule has 0 bridgehead atoms. The minimum atomic E-state index is -0.598. The number of para-hydroxylation sites is 1.